The fourth-order valence-electron chi connectivity index (χ4n) is 1.18. The summed E-state index contributed by atoms with van der Waals surface area (Å²) in [6.07, 6.45) is 5.56. The fourth-order valence-corrected chi connectivity index (χ4v) is 1.37. The monoisotopic (exact) mass is 251 g/mol. The van der Waals surface area contributed by atoms with E-state index in [9.17, 15) is 9.59 Å². The molecule has 0 aliphatic carbocycles. The molecule has 0 fully saturated rings. The molecule has 0 spiro atoms. The lowest BCUT2D eigenvalue weighted by Gasteiger charge is -2.06. The molecule has 88 valence electrons. The number of carbonyl (C=O) groups is 2. The van der Waals surface area contributed by atoms with E-state index in [-0.39, 0.29) is 22.9 Å². The maximum Gasteiger partial charge on any atom is 0.337 e. The smallest absolute Gasteiger partial charge is 0.337 e. The van der Waals surface area contributed by atoms with Gasteiger partial charge in [0.1, 0.15) is 0 Å². The Morgan fingerprint density at radius 2 is 2.18 bits per heavy atom. The Morgan fingerprint density at radius 3 is 2.76 bits per heavy atom. The zero-order valence-electron chi connectivity index (χ0n) is 8.87. The second-order valence-electron chi connectivity index (χ2n) is 3.25. The second-order valence-corrected chi connectivity index (χ2v) is 3.66. The van der Waals surface area contributed by atoms with Crippen LogP contribution in [-0.2, 0) is 4.79 Å². The van der Waals surface area contributed by atoms with Gasteiger partial charge in [-0.25, -0.2) is 4.79 Å². The van der Waals surface area contributed by atoms with Crippen molar-refractivity contribution in [3.63, 3.8) is 0 Å². The van der Waals surface area contributed by atoms with Gasteiger partial charge in [-0.2, -0.15) is 0 Å². The van der Waals surface area contributed by atoms with Gasteiger partial charge in [-0.15, -0.1) is 12.3 Å². The number of hydrogen-bond donors (Lipinski definition) is 2. The average molecular weight is 252 g/mol. The molecule has 0 heterocycles. The summed E-state index contributed by atoms with van der Waals surface area (Å²) in [6, 6.07) is 4.25. The third-order valence-corrected chi connectivity index (χ3v) is 2.31. The van der Waals surface area contributed by atoms with Crippen LogP contribution in [0, 0.1) is 12.3 Å². The number of rotatable bonds is 4. The molecule has 0 unspecified atom stereocenters. The number of aromatic carboxylic acids is 1. The molecule has 1 aromatic carbocycles. The van der Waals surface area contributed by atoms with Crippen LogP contribution in [0.4, 0.5) is 5.69 Å². The Labute approximate surface area is 104 Å². The van der Waals surface area contributed by atoms with Crippen molar-refractivity contribution in [2.24, 2.45) is 0 Å². The highest BCUT2D eigenvalue weighted by Gasteiger charge is 2.10. The standard InChI is InChI=1S/C12H10ClNO3/c1-2-3-4-11(15)14-8-5-6-10(13)9(7-8)12(16)17/h1,5-7H,3-4H2,(H,14,15)(H,16,17). The molecule has 2 N–H and O–H groups in total. The molecule has 4 nitrogen and oxygen atoms in total. The third-order valence-electron chi connectivity index (χ3n) is 1.98. The Balaban J connectivity index is 2.80. The Hall–Kier alpha value is -1.99. The van der Waals surface area contributed by atoms with Crippen LogP contribution in [0.5, 0.6) is 0 Å². The predicted molar refractivity (Wildman–Crippen MR) is 65.1 cm³/mol. The highest BCUT2D eigenvalue weighted by Crippen LogP contribution is 2.20. The normalized spacial score (nSPS) is 9.41. The quantitative estimate of drug-likeness (QED) is 0.808. The number of benzene rings is 1. The molecular formula is C12H10ClNO3. The number of hydrogen-bond acceptors (Lipinski definition) is 2. The van der Waals surface area contributed by atoms with E-state index in [0.29, 0.717) is 12.1 Å². The van der Waals surface area contributed by atoms with Gasteiger partial charge in [0.25, 0.3) is 0 Å². The number of halogens is 1. The van der Waals surface area contributed by atoms with Gasteiger partial charge in [0.2, 0.25) is 5.91 Å². The van der Waals surface area contributed by atoms with Gasteiger partial charge in [0.05, 0.1) is 10.6 Å². The Bertz CT molecular complexity index is 491. The van der Waals surface area contributed by atoms with E-state index in [4.69, 9.17) is 23.1 Å². The van der Waals surface area contributed by atoms with Crippen LogP contribution >= 0.6 is 11.6 Å². The molecule has 0 aliphatic rings. The molecule has 0 aromatic heterocycles. The lowest BCUT2D eigenvalue weighted by atomic mass is 10.2. The van der Waals surface area contributed by atoms with E-state index in [1.165, 1.54) is 18.2 Å². The molecule has 0 atom stereocenters. The van der Waals surface area contributed by atoms with Crippen LogP contribution < -0.4 is 5.32 Å². The highest BCUT2D eigenvalue weighted by atomic mass is 35.5. The molecule has 1 amide bonds. The summed E-state index contributed by atoms with van der Waals surface area (Å²) < 4.78 is 0. The van der Waals surface area contributed by atoms with Gasteiger partial charge in [0, 0.05) is 18.5 Å². The summed E-state index contributed by atoms with van der Waals surface area (Å²) >= 11 is 5.69. The summed E-state index contributed by atoms with van der Waals surface area (Å²) in [7, 11) is 0. The average Bonchev–Trinajstić information content (AvgIpc) is 2.28. The van der Waals surface area contributed by atoms with E-state index in [0.717, 1.165) is 0 Å². The number of nitrogens with one attached hydrogen (secondary N) is 1. The molecule has 5 heteroatoms. The van der Waals surface area contributed by atoms with Crippen molar-refractivity contribution < 1.29 is 14.7 Å². The first-order chi connectivity index (χ1) is 8.04. The largest absolute Gasteiger partial charge is 0.478 e. The molecule has 1 aromatic rings. The van der Waals surface area contributed by atoms with Crippen molar-refractivity contribution in [1.29, 1.82) is 0 Å². The fraction of sp³-hybridized carbons (Fsp3) is 0.167. The van der Waals surface area contributed by atoms with Crippen LogP contribution in [-0.4, -0.2) is 17.0 Å². The molecule has 0 radical (unpaired) electrons. The van der Waals surface area contributed by atoms with Gasteiger partial charge in [-0.05, 0) is 18.2 Å². The Morgan fingerprint density at radius 1 is 1.47 bits per heavy atom. The molecule has 0 bridgehead atoms. The summed E-state index contributed by atoms with van der Waals surface area (Å²) in [5.74, 6) is 0.941. The zero-order chi connectivity index (χ0) is 12.8. The predicted octanol–water partition coefficient (Wildman–Crippen LogP) is 2.39. The molecule has 0 saturated carbocycles. The van der Waals surface area contributed by atoms with E-state index in [1.54, 1.807) is 0 Å². The number of terminal acetylenes is 1. The van der Waals surface area contributed by atoms with E-state index < -0.39 is 5.97 Å². The minimum absolute atomic E-state index is 0.0542. The lowest BCUT2D eigenvalue weighted by molar-refractivity contribution is -0.116. The number of carboxylic acid groups (broad SMARTS) is 1. The minimum Gasteiger partial charge on any atom is -0.478 e. The van der Waals surface area contributed by atoms with Crippen LogP contribution in [0.25, 0.3) is 0 Å². The Kier molecular flexibility index (Phi) is 4.56. The maximum atomic E-state index is 11.4. The first-order valence-corrected chi connectivity index (χ1v) is 5.18. The summed E-state index contributed by atoms with van der Waals surface area (Å²) in [5, 5.41) is 11.5. The van der Waals surface area contributed by atoms with Gasteiger partial charge >= 0.3 is 5.97 Å². The first-order valence-electron chi connectivity index (χ1n) is 4.80. The molecule has 0 saturated heterocycles. The molecule has 0 aliphatic heterocycles. The molecule has 1 rings (SSSR count). The van der Waals surface area contributed by atoms with Gasteiger partial charge < -0.3 is 10.4 Å². The van der Waals surface area contributed by atoms with Crippen molar-refractivity contribution in [2.45, 2.75) is 12.8 Å². The number of anilines is 1. The van der Waals surface area contributed by atoms with Crippen molar-refractivity contribution in [1.82, 2.24) is 0 Å². The van der Waals surface area contributed by atoms with Gasteiger partial charge in [-0.3, -0.25) is 4.79 Å². The summed E-state index contributed by atoms with van der Waals surface area (Å²) in [4.78, 5) is 22.2. The van der Waals surface area contributed by atoms with Crippen molar-refractivity contribution in [2.75, 3.05) is 5.32 Å². The SMILES string of the molecule is C#CCCC(=O)Nc1ccc(Cl)c(C(=O)O)c1. The number of amides is 1. The van der Waals surface area contributed by atoms with Crippen molar-refractivity contribution >= 4 is 29.2 Å². The zero-order valence-corrected chi connectivity index (χ0v) is 9.62. The van der Waals surface area contributed by atoms with Crippen LogP contribution in [0.3, 0.4) is 0 Å². The van der Waals surface area contributed by atoms with Crippen LogP contribution in [0.15, 0.2) is 18.2 Å². The first kappa shape index (κ1) is 13.1. The maximum absolute atomic E-state index is 11.4. The van der Waals surface area contributed by atoms with Crippen LogP contribution in [0.2, 0.25) is 5.02 Å². The summed E-state index contributed by atoms with van der Waals surface area (Å²) in [5.41, 5.74) is 0.329. The number of carbonyl (C=O) groups excluding carboxylic acids is 1. The van der Waals surface area contributed by atoms with Crippen molar-refractivity contribution in [3.8, 4) is 12.3 Å². The topological polar surface area (TPSA) is 66.4 Å². The van der Waals surface area contributed by atoms with E-state index in [1.807, 2.05) is 0 Å². The van der Waals surface area contributed by atoms with Crippen molar-refractivity contribution in [3.05, 3.63) is 28.8 Å². The van der Waals surface area contributed by atoms with E-state index in [2.05, 4.69) is 11.2 Å². The molecule has 17 heavy (non-hydrogen) atoms. The third kappa shape index (κ3) is 3.82. The van der Waals surface area contributed by atoms with Crippen LogP contribution in [0.1, 0.15) is 23.2 Å². The van der Waals surface area contributed by atoms with E-state index >= 15 is 0 Å². The second kappa shape index (κ2) is 5.92. The summed E-state index contributed by atoms with van der Waals surface area (Å²) in [6.45, 7) is 0. The minimum atomic E-state index is -1.14. The van der Waals surface area contributed by atoms with Gasteiger partial charge in [-0.1, -0.05) is 11.6 Å². The molecular weight excluding hydrogens is 242 g/mol. The van der Waals surface area contributed by atoms with Gasteiger partial charge in [0.15, 0.2) is 0 Å². The highest BCUT2D eigenvalue weighted by molar-refractivity contribution is 6.33. The number of carboxylic acids is 1. The lowest BCUT2D eigenvalue weighted by Crippen LogP contribution is -2.11.